The van der Waals surface area contributed by atoms with E-state index in [1.807, 2.05) is 24.3 Å². The van der Waals surface area contributed by atoms with Gasteiger partial charge in [-0.1, -0.05) is 66.2 Å². The van der Waals surface area contributed by atoms with Crippen molar-refractivity contribution in [1.82, 2.24) is 4.90 Å². The second-order valence-corrected chi connectivity index (χ2v) is 8.72. The number of benzene rings is 3. The van der Waals surface area contributed by atoms with E-state index in [0.29, 0.717) is 24.9 Å². The lowest BCUT2D eigenvalue weighted by Gasteiger charge is -2.27. The van der Waals surface area contributed by atoms with Gasteiger partial charge in [0.1, 0.15) is 5.82 Å². The van der Waals surface area contributed by atoms with Crippen LogP contribution in [-0.4, -0.2) is 29.8 Å². The second-order valence-electron chi connectivity index (χ2n) is 8.72. The third kappa shape index (κ3) is 4.57. The number of rotatable bonds is 6. The zero-order chi connectivity index (χ0) is 22.7. The molecule has 3 aromatic rings. The number of amides is 2. The molecule has 3 aromatic carbocycles. The Morgan fingerprint density at radius 3 is 2.56 bits per heavy atom. The SMILES string of the molecule is Cc1cccc(-c2ccccc2C[C@]2(C(N)=O)CCN(C(=O)Cc3cccc(F)c3)C2)c1. The fraction of sp³-hybridized carbons (Fsp3) is 0.259. The van der Waals surface area contributed by atoms with Crippen molar-refractivity contribution >= 4 is 11.8 Å². The van der Waals surface area contributed by atoms with E-state index in [4.69, 9.17) is 5.73 Å². The molecule has 4 nitrogen and oxygen atoms in total. The highest BCUT2D eigenvalue weighted by Crippen LogP contribution is 2.37. The molecule has 1 aliphatic rings. The van der Waals surface area contributed by atoms with Crippen molar-refractivity contribution in [3.8, 4) is 11.1 Å². The fourth-order valence-corrected chi connectivity index (χ4v) is 4.58. The predicted molar refractivity (Wildman–Crippen MR) is 123 cm³/mol. The molecule has 1 atom stereocenters. The smallest absolute Gasteiger partial charge is 0.227 e. The van der Waals surface area contributed by atoms with Crippen molar-refractivity contribution in [2.75, 3.05) is 13.1 Å². The van der Waals surface area contributed by atoms with E-state index in [1.165, 1.54) is 12.1 Å². The number of nitrogens with zero attached hydrogens (tertiary/aromatic N) is 1. The zero-order valence-corrected chi connectivity index (χ0v) is 18.2. The summed E-state index contributed by atoms with van der Waals surface area (Å²) in [7, 11) is 0. The number of halogens is 1. The molecule has 32 heavy (non-hydrogen) atoms. The van der Waals surface area contributed by atoms with E-state index in [9.17, 15) is 14.0 Å². The number of hydrogen-bond donors (Lipinski definition) is 1. The molecule has 164 valence electrons. The molecule has 1 saturated heterocycles. The number of primary amides is 1. The van der Waals surface area contributed by atoms with Gasteiger partial charge in [-0.05, 0) is 54.2 Å². The monoisotopic (exact) mass is 430 g/mol. The number of carbonyl (C=O) groups excluding carboxylic acids is 2. The van der Waals surface area contributed by atoms with Crippen molar-refractivity contribution < 1.29 is 14.0 Å². The zero-order valence-electron chi connectivity index (χ0n) is 18.2. The van der Waals surface area contributed by atoms with E-state index in [1.54, 1.807) is 17.0 Å². The van der Waals surface area contributed by atoms with E-state index in [0.717, 1.165) is 22.3 Å². The van der Waals surface area contributed by atoms with Crippen LogP contribution in [0.3, 0.4) is 0 Å². The molecule has 5 heteroatoms. The van der Waals surface area contributed by atoms with Crippen LogP contribution in [0.2, 0.25) is 0 Å². The Hall–Kier alpha value is -3.47. The van der Waals surface area contributed by atoms with Crippen molar-refractivity contribution in [1.29, 1.82) is 0 Å². The first-order valence-corrected chi connectivity index (χ1v) is 10.8. The van der Waals surface area contributed by atoms with Gasteiger partial charge >= 0.3 is 0 Å². The average molecular weight is 431 g/mol. The average Bonchev–Trinajstić information content (AvgIpc) is 3.20. The highest BCUT2D eigenvalue weighted by atomic mass is 19.1. The first-order chi connectivity index (χ1) is 15.4. The van der Waals surface area contributed by atoms with Gasteiger partial charge in [-0.3, -0.25) is 9.59 Å². The van der Waals surface area contributed by atoms with Gasteiger partial charge in [-0.15, -0.1) is 0 Å². The Morgan fingerprint density at radius 1 is 1.03 bits per heavy atom. The molecule has 0 spiro atoms. The summed E-state index contributed by atoms with van der Waals surface area (Å²) in [6.07, 6.45) is 1.09. The van der Waals surface area contributed by atoms with Crippen LogP contribution in [0.5, 0.6) is 0 Å². The molecule has 1 heterocycles. The summed E-state index contributed by atoms with van der Waals surface area (Å²) >= 11 is 0. The van der Waals surface area contributed by atoms with E-state index < -0.39 is 11.3 Å². The summed E-state index contributed by atoms with van der Waals surface area (Å²) in [5.41, 5.74) is 10.1. The van der Waals surface area contributed by atoms with Crippen molar-refractivity contribution in [2.24, 2.45) is 11.1 Å². The minimum atomic E-state index is -0.822. The minimum absolute atomic E-state index is 0.104. The van der Waals surface area contributed by atoms with Gasteiger partial charge in [0.2, 0.25) is 11.8 Å². The second kappa shape index (κ2) is 8.95. The van der Waals surface area contributed by atoms with Crippen molar-refractivity contribution in [3.05, 3.63) is 95.3 Å². The highest BCUT2D eigenvalue weighted by molar-refractivity contribution is 5.85. The third-order valence-corrected chi connectivity index (χ3v) is 6.35. The Morgan fingerprint density at radius 2 is 1.81 bits per heavy atom. The molecule has 0 aromatic heterocycles. The Labute approximate surface area is 187 Å². The van der Waals surface area contributed by atoms with Crippen LogP contribution < -0.4 is 5.73 Å². The number of carbonyl (C=O) groups is 2. The van der Waals surface area contributed by atoms with Crippen LogP contribution in [-0.2, 0) is 22.4 Å². The van der Waals surface area contributed by atoms with Gasteiger partial charge in [-0.2, -0.15) is 0 Å². The quantitative estimate of drug-likeness (QED) is 0.634. The molecule has 0 saturated carbocycles. The molecule has 1 aliphatic heterocycles. The third-order valence-electron chi connectivity index (χ3n) is 6.35. The summed E-state index contributed by atoms with van der Waals surface area (Å²) in [6, 6.07) is 22.3. The first-order valence-electron chi connectivity index (χ1n) is 10.8. The van der Waals surface area contributed by atoms with E-state index in [-0.39, 0.29) is 24.7 Å². The molecule has 2 N–H and O–H groups in total. The van der Waals surface area contributed by atoms with Crippen LogP contribution >= 0.6 is 0 Å². The van der Waals surface area contributed by atoms with Gasteiger partial charge in [0.25, 0.3) is 0 Å². The number of likely N-dealkylation sites (tertiary alicyclic amines) is 1. The van der Waals surface area contributed by atoms with Gasteiger partial charge < -0.3 is 10.6 Å². The van der Waals surface area contributed by atoms with Crippen LogP contribution in [0.25, 0.3) is 11.1 Å². The fourth-order valence-electron chi connectivity index (χ4n) is 4.58. The summed E-state index contributed by atoms with van der Waals surface area (Å²) in [6.45, 7) is 2.79. The Bertz CT molecular complexity index is 1160. The number of nitrogens with two attached hydrogens (primary N) is 1. The molecule has 0 radical (unpaired) electrons. The van der Waals surface area contributed by atoms with Gasteiger partial charge in [0, 0.05) is 13.1 Å². The topological polar surface area (TPSA) is 63.4 Å². The number of hydrogen-bond acceptors (Lipinski definition) is 2. The van der Waals surface area contributed by atoms with Gasteiger partial charge in [0.15, 0.2) is 0 Å². The molecular weight excluding hydrogens is 403 g/mol. The van der Waals surface area contributed by atoms with Gasteiger partial charge in [0.05, 0.1) is 11.8 Å². The maximum absolute atomic E-state index is 13.5. The summed E-state index contributed by atoms with van der Waals surface area (Å²) in [4.78, 5) is 27.2. The number of aryl methyl sites for hydroxylation is 1. The predicted octanol–water partition coefficient (Wildman–Crippen LogP) is 4.29. The molecule has 4 rings (SSSR count). The maximum Gasteiger partial charge on any atom is 0.227 e. The molecule has 1 fully saturated rings. The lowest BCUT2D eigenvalue weighted by Crippen LogP contribution is -2.42. The summed E-state index contributed by atoms with van der Waals surface area (Å²) < 4.78 is 13.5. The first kappa shape index (κ1) is 21.8. The Balaban J connectivity index is 1.56. The highest BCUT2D eigenvalue weighted by Gasteiger charge is 2.45. The van der Waals surface area contributed by atoms with Crippen LogP contribution in [0.4, 0.5) is 4.39 Å². The molecule has 0 bridgehead atoms. The molecule has 2 amide bonds. The van der Waals surface area contributed by atoms with Crippen LogP contribution in [0, 0.1) is 18.2 Å². The lowest BCUT2D eigenvalue weighted by molar-refractivity contribution is -0.131. The largest absolute Gasteiger partial charge is 0.369 e. The van der Waals surface area contributed by atoms with E-state index >= 15 is 0 Å². The normalized spacial score (nSPS) is 18.0. The molecule has 0 unspecified atom stereocenters. The van der Waals surface area contributed by atoms with Crippen molar-refractivity contribution in [2.45, 2.75) is 26.2 Å². The Kier molecular flexibility index (Phi) is 6.08. The lowest BCUT2D eigenvalue weighted by atomic mass is 9.78. The van der Waals surface area contributed by atoms with Crippen LogP contribution in [0.15, 0.2) is 72.8 Å². The summed E-state index contributed by atoms with van der Waals surface area (Å²) in [5, 5.41) is 0. The van der Waals surface area contributed by atoms with Crippen LogP contribution in [0.1, 0.15) is 23.1 Å². The molecular formula is C27H27FN2O2. The standard InChI is InChI=1S/C27H27FN2O2/c1-19-6-4-9-21(14-19)24-11-3-2-8-22(24)17-27(26(29)32)12-13-30(18-27)25(31)16-20-7-5-10-23(28)15-20/h2-11,14-15H,12-13,16-18H2,1H3,(H2,29,32)/t27-/m1/s1. The van der Waals surface area contributed by atoms with Gasteiger partial charge in [-0.25, -0.2) is 4.39 Å². The van der Waals surface area contributed by atoms with E-state index in [2.05, 4.69) is 31.2 Å². The minimum Gasteiger partial charge on any atom is -0.369 e. The molecule has 0 aliphatic carbocycles. The maximum atomic E-state index is 13.5. The summed E-state index contributed by atoms with van der Waals surface area (Å²) in [5.74, 6) is -0.876. The van der Waals surface area contributed by atoms with Crippen molar-refractivity contribution in [3.63, 3.8) is 0 Å².